The first kappa shape index (κ1) is 27.1. The lowest BCUT2D eigenvalue weighted by Crippen LogP contribution is -2.29. The number of hydrogen-bond donors (Lipinski definition) is 1. The van der Waals surface area contributed by atoms with Gasteiger partial charge >= 0.3 is 0 Å². The predicted molar refractivity (Wildman–Crippen MR) is 137 cm³/mol. The number of nitrogens with zero attached hydrogens (tertiary/aromatic N) is 3. The highest BCUT2D eigenvalue weighted by molar-refractivity contribution is 7.91. The molecule has 0 saturated carbocycles. The first-order valence-corrected chi connectivity index (χ1v) is 13.2. The van der Waals surface area contributed by atoms with Gasteiger partial charge in [0, 0.05) is 25.5 Å². The van der Waals surface area contributed by atoms with E-state index in [2.05, 4.69) is 9.97 Å². The second-order valence-electron chi connectivity index (χ2n) is 8.27. The third-order valence-electron chi connectivity index (χ3n) is 5.88. The molecule has 38 heavy (non-hydrogen) atoms. The molecule has 1 unspecified atom stereocenters. The topological polar surface area (TPSA) is 121 Å². The average molecular weight is 540 g/mol. The molecule has 9 nitrogen and oxygen atoms in total. The third-order valence-corrected chi connectivity index (χ3v) is 7.67. The van der Waals surface area contributed by atoms with E-state index in [-0.39, 0.29) is 23.9 Å². The fourth-order valence-electron chi connectivity index (χ4n) is 4.05. The predicted octanol–water partition coefficient (Wildman–Crippen LogP) is 3.76. The summed E-state index contributed by atoms with van der Waals surface area (Å²) in [6.45, 7) is 2.00. The molecule has 2 aromatic carbocycles. The highest BCUT2D eigenvalue weighted by Crippen LogP contribution is 2.32. The van der Waals surface area contributed by atoms with E-state index in [1.165, 1.54) is 54.3 Å². The molecule has 1 N–H and O–H groups in total. The summed E-state index contributed by atoms with van der Waals surface area (Å²) in [5.74, 6) is -1.35. The summed E-state index contributed by atoms with van der Waals surface area (Å²) in [5, 5.41) is 11.4. The van der Waals surface area contributed by atoms with Crippen molar-refractivity contribution in [3.05, 3.63) is 101 Å². The first-order valence-electron chi connectivity index (χ1n) is 11.7. The number of aromatic nitrogens is 3. The largest absolute Gasteiger partial charge is 0.493 e. The van der Waals surface area contributed by atoms with Crippen molar-refractivity contribution in [3.63, 3.8) is 0 Å². The zero-order valence-electron chi connectivity index (χ0n) is 20.7. The van der Waals surface area contributed by atoms with Gasteiger partial charge in [-0.25, -0.2) is 13.4 Å². The first-order chi connectivity index (χ1) is 18.3. The van der Waals surface area contributed by atoms with E-state index in [0.29, 0.717) is 23.3 Å². The number of pyridine rings is 1. The zero-order chi connectivity index (χ0) is 27.3. The van der Waals surface area contributed by atoms with Crippen LogP contribution >= 0.6 is 0 Å². The maximum atomic E-state index is 13.6. The molecule has 0 spiro atoms. The molecule has 0 aliphatic heterocycles. The van der Waals surface area contributed by atoms with Gasteiger partial charge in [-0.2, -0.15) is 9.37 Å². The van der Waals surface area contributed by atoms with Crippen molar-refractivity contribution in [2.75, 3.05) is 20.3 Å². The molecule has 0 bridgehead atoms. The monoisotopic (exact) mass is 539 g/mol. The summed E-state index contributed by atoms with van der Waals surface area (Å²) in [7, 11) is -3.03. The van der Waals surface area contributed by atoms with E-state index in [4.69, 9.17) is 9.47 Å². The SMILES string of the molecule is CCOCc1nc(=O)c(S(=O)(=O)c2ccc(-c3ccc(F)nc3)cc2)c(O)n1C(COC)c1ccccc1. The van der Waals surface area contributed by atoms with Gasteiger partial charge in [-0.05, 0) is 42.3 Å². The molecule has 1 atom stereocenters. The van der Waals surface area contributed by atoms with E-state index < -0.39 is 38.2 Å². The number of halogens is 1. The molecular formula is C27H26FN3O6S. The molecule has 4 rings (SSSR count). The lowest BCUT2D eigenvalue weighted by molar-refractivity contribution is 0.114. The summed E-state index contributed by atoms with van der Waals surface area (Å²) >= 11 is 0. The van der Waals surface area contributed by atoms with Gasteiger partial charge in [-0.3, -0.25) is 9.36 Å². The molecule has 0 aliphatic carbocycles. The summed E-state index contributed by atoms with van der Waals surface area (Å²) in [6.07, 6.45) is 1.32. The number of ether oxygens (including phenoxy) is 2. The average Bonchev–Trinajstić information content (AvgIpc) is 2.92. The Morgan fingerprint density at radius 3 is 2.32 bits per heavy atom. The fourth-order valence-corrected chi connectivity index (χ4v) is 5.40. The van der Waals surface area contributed by atoms with Crippen LogP contribution in [0.25, 0.3) is 11.1 Å². The molecule has 0 radical (unpaired) electrons. The van der Waals surface area contributed by atoms with Crippen LogP contribution in [0.4, 0.5) is 4.39 Å². The maximum Gasteiger partial charge on any atom is 0.296 e. The second-order valence-corrected chi connectivity index (χ2v) is 10.2. The fraction of sp³-hybridized carbons (Fsp3) is 0.222. The van der Waals surface area contributed by atoms with Gasteiger partial charge in [0.05, 0.1) is 17.5 Å². The molecule has 0 aliphatic rings. The van der Waals surface area contributed by atoms with Crippen LogP contribution in [-0.2, 0) is 25.9 Å². The minimum atomic E-state index is -4.50. The van der Waals surface area contributed by atoms with Crippen LogP contribution < -0.4 is 5.56 Å². The van der Waals surface area contributed by atoms with Gasteiger partial charge in [0.25, 0.3) is 5.56 Å². The van der Waals surface area contributed by atoms with Crippen LogP contribution in [0, 0.1) is 5.95 Å². The normalized spacial score (nSPS) is 12.4. The van der Waals surface area contributed by atoms with Gasteiger partial charge in [-0.1, -0.05) is 42.5 Å². The van der Waals surface area contributed by atoms with Crippen LogP contribution in [0.2, 0.25) is 0 Å². The Kier molecular flexibility index (Phi) is 8.30. The summed E-state index contributed by atoms with van der Waals surface area (Å²) in [4.78, 5) is 19.6. The number of methoxy groups -OCH3 is 1. The van der Waals surface area contributed by atoms with E-state index in [1.807, 2.05) is 6.07 Å². The van der Waals surface area contributed by atoms with E-state index in [9.17, 15) is 22.7 Å². The molecule has 198 valence electrons. The lowest BCUT2D eigenvalue weighted by Gasteiger charge is -2.25. The minimum Gasteiger partial charge on any atom is -0.493 e. The van der Waals surface area contributed by atoms with Crippen molar-refractivity contribution < 1.29 is 27.4 Å². The summed E-state index contributed by atoms with van der Waals surface area (Å²) in [5.41, 5.74) is 0.762. The Labute approximate surface area is 219 Å². The number of rotatable bonds is 10. The van der Waals surface area contributed by atoms with Crippen molar-refractivity contribution in [2.45, 2.75) is 29.4 Å². The Morgan fingerprint density at radius 1 is 1.03 bits per heavy atom. The second kappa shape index (κ2) is 11.6. The Bertz CT molecular complexity index is 1560. The molecule has 11 heteroatoms. The Balaban J connectivity index is 1.85. The number of aromatic hydroxyl groups is 1. The van der Waals surface area contributed by atoms with Crippen LogP contribution in [-0.4, -0.2) is 48.4 Å². The van der Waals surface area contributed by atoms with Gasteiger partial charge in [0.1, 0.15) is 12.4 Å². The minimum absolute atomic E-state index is 0.0540. The molecule has 2 heterocycles. The van der Waals surface area contributed by atoms with Crippen molar-refractivity contribution >= 4 is 9.84 Å². The third kappa shape index (κ3) is 5.49. The van der Waals surface area contributed by atoms with E-state index >= 15 is 0 Å². The standard InChI is InChI=1S/C27H26FN3O6S/c1-3-37-17-24-30-26(32)25(27(33)31(24)22(16-36-2)19-7-5-4-6-8-19)38(34,35)21-12-9-18(10-13-21)20-11-14-23(28)29-15-20/h4-15,22,33H,3,16-17H2,1-2H3. The lowest BCUT2D eigenvalue weighted by atomic mass is 10.1. The van der Waals surface area contributed by atoms with Crippen LogP contribution in [0.3, 0.4) is 0 Å². The van der Waals surface area contributed by atoms with Crippen molar-refractivity contribution in [3.8, 4) is 17.0 Å². The molecule has 0 saturated heterocycles. The number of sulfone groups is 1. The van der Waals surface area contributed by atoms with Gasteiger partial charge in [-0.15, -0.1) is 0 Å². The van der Waals surface area contributed by atoms with Crippen molar-refractivity contribution in [2.24, 2.45) is 0 Å². The zero-order valence-corrected chi connectivity index (χ0v) is 21.6. The molecule has 0 fully saturated rings. The van der Waals surface area contributed by atoms with E-state index in [0.717, 1.165) is 0 Å². The van der Waals surface area contributed by atoms with E-state index in [1.54, 1.807) is 31.2 Å². The van der Waals surface area contributed by atoms with Crippen LogP contribution in [0.5, 0.6) is 5.88 Å². The summed E-state index contributed by atoms with van der Waals surface area (Å²) in [6, 6.07) is 16.6. The molecular weight excluding hydrogens is 513 g/mol. The number of hydrogen-bond acceptors (Lipinski definition) is 8. The molecule has 2 aromatic heterocycles. The van der Waals surface area contributed by atoms with Crippen molar-refractivity contribution in [1.82, 2.24) is 14.5 Å². The molecule has 4 aromatic rings. The van der Waals surface area contributed by atoms with Crippen LogP contribution in [0.15, 0.2) is 87.5 Å². The Morgan fingerprint density at radius 2 is 1.71 bits per heavy atom. The quantitative estimate of drug-likeness (QED) is 0.303. The highest BCUT2D eigenvalue weighted by atomic mass is 32.2. The van der Waals surface area contributed by atoms with Gasteiger partial charge < -0.3 is 14.6 Å². The molecule has 0 amide bonds. The number of benzene rings is 2. The summed E-state index contributed by atoms with van der Waals surface area (Å²) < 4.78 is 52.5. The van der Waals surface area contributed by atoms with Gasteiger partial charge in [0.15, 0.2) is 4.90 Å². The van der Waals surface area contributed by atoms with Gasteiger partial charge in [0.2, 0.25) is 21.7 Å². The highest BCUT2D eigenvalue weighted by Gasteiger charge is 2.32. The van der Waals surface area contributed by atoms with Crippen LogP contribution in [0.1, 0.15) is 24.4 Å². The smallest absolute Gasteiger partial charge is 0.296 e. The van der Waals surface area contributed by atoms with Crippen molar-refractivity contribution in [1.29, 1.82) is 0 Å². The maximum absolute atomic E-state index is 13.6. The Hall–Kier alpha value is -3.93.